The van der Waals surface area contributed by atoms with Crippen LogP contribution in [0.4, 0.5) is 0 Å². The van der Waals surface area contributed by atoms with Crippen LogP contribution in [0.25, 0.3) is 0 Å². The minimum Gasteiger partial charge on any atom is -0.496 e. The van der Waals surface area contributed by atoms with Gasteiger partial charge in [0, 0.05) is 25.9 Å². The van der Waals surface area contributed by atoms with Crippen molar-refractivity contribution in [3.63, 3.8) is 0 Å². The van der Waals surface area contributed by atoms with Crippen LogP contribution in [-0.2, 0) is 16.3 Å². The maximum atomic E-state index is 11.2. The average molecular weight is 341 g/mol. The van der Waals surface area contributed by atoms with Gasteiger partial charge in [0.25, 0.3) is 0 Å². The molecule has 0 spiro atoms. The number of hydrogen-bond donors (Lipinski definition) is 2. The van der Waals surface area contributed by atoms with Gasteiger partial charge in [-0.15, -0.1) is 0 Å². The van der Waals surface area contributed by atoms with Crippen molar-refractivity contribution in [1.29, 1.82) is 0 Å². The summed E-state index contributed by atoms with van der Waals surface area (Å²) in [5, 5.41) is 6.43. The molecule has 0 radical (unpaired) electrons. The second-order valence-electron chi connectivity index (χ2n) is 5.52. The van der Waals surface area contributed by atoms with Crippen molar-refractivity contribution < 1.29 is 13.2 Å². The van der Waals surface area contributed by atoms with Crippen LogP contribution in [0.2, 0.25) is 0 Å². The number of guanidine groups is 1. The van der Waals surface area contributed by atoms with E-state index in [-0.39, 0.29) is 11.8 Å². The Bertz CT molecular complexity index is 615. The van der Waals surface area contributed by atoms with E-state index >= 15 is 0 Å². The summed E-state index contributed by atoms with van der Waals surface area (Å²) in [4.78, 5) is 4.16. The SMILES string of the molecule is CN=C(NCCc1ccccc1OC)NC(C)CCS(C)(=O)=O. The number of hydrogen-bond acceptors (Lipinski definition) is 4. The van der Waals surface area contributed by atoms with Crippen molar-refractivity contribution >= 4 is 15.8 Å². The lowest BCUT2D eigenvalue weighted by Crippen LogP contribution is -2.43. The second-order valence-corrected chi connectivity index (χ2v) is 7.78. The Kier molecular flexibility index (Phi) is 7.88. The Hall–Kier alpha value is -1.76. The number of methoxy groups -OCH3 is 1. The maximum Gasteiger partial charge on any atom is 0.191 e. The van der Waals surface area contributed by atoms with Gasteiger partial charge in [-0.05, 0) is 31.4 Å². The van der Waals surface area contributed by atoms with Gasteiger partial charge in [0.15, 0.2) is 5.96 Å². The van der Waals surface area contributed by atoms with E-state index in [9.17, 15) is 8.42 Å². The topological polar surface area (TPSA) is 79.8 Å². The summed E-state index contributed by atoms with van der Waals surface area (Å²) in [6.45, 7) is 2.65. The minimum absolute atomic E-state index is 0.0298. The number of benzene rings is 1. The van der Waals surface area contributed by atoms with Crippen molar-refractivity contribution in [2.24, 2.45) is 4.99 Å². The van der Waals surface area contributed by atoms with Crippen molar-refractivity contribution in [1.82, 2.24) is 10.6 Å². The lowest BCUT2D eigenvalue weighted by molar-refractivity contribution is 0.409. The fourth-order valence-corrected chi connectivity index (χ4v) is 2.90. The molecule has 0 saturated carbocycles. The van der Waals surface area contributed by atoms with Crippen LogP contribution >= 0.6 is 0 Å². The van der Waals surface area contributed by atoms with Crippen LogP contribution in [-0.4, -0.2) is 53.1 Å². The molecule has 1 aromatic rings. The van der Waals surface area contributed by atoms with Gasteiger partial charge in [0.2, 0.25) is 0 Å². The number of nitrogens with zero attached hydrogens (tertiary/aromatic N) is 1. The molecular formula is C16H27N3O3S. The summed E-state index contributed by atoms with van der Waals surface area (Å²) < 4.78 is 27.7. The molecule has 0 fully saturated rings. The number of nitrogens with one attached hydrogen (secondary N) is 2. The van der Waals surface area contributed by atoms with E-state index in [1.807, 2.05) is 31.2 Å². The first-order valence-electron chi connectivity index (χ1n) is 7.62. The highest BCUT2D eigenvalue weighted by atomic mass is 32.2. The lowest BCUT2D eigenvalue weighted by Gasteiger charge is -2.18. The second kappa shape index (κ2) is 9.39. The predicted molar refractivity (Wildman–Crippen MR) is 95.0 cm³/mol. The molecule has 0 aliphatic rings. The van der Waals surface area contributed by atoms with Gasteiger partial charge in [-0.25, -0.2) is 8.42 Å². The molecule has 2 N–H and O–H groups in total. The van der Waals surface area contributed by atoms with Gasteiger partial charge < -0.3 is 15.4 Å². The quantitative estimate of drug-likeness (QED) is 0.549. The summed E-state index contributed by atoms with van der Waals surface area (Å²) >= 11 is 0. The van der Waals surface area contributed by atoms with Crippen molar-refractivity contribution in [3.8, 4) is 5.75 Å². The van der Waals surface area contributed by atoms with E-state index in [0.29, 0.717) is 18.9 Å². The van der Waals surface area contributed by atoms with Crippen LogP contribution in [0.3, 0.4) is 0 Å². The van der Waals surface area contributed by atoms with Crippen molar-refractivity contribution in [3.05, 3.63) is 29.8 Å². The molecule has 7 heteroatoms. The van der Waals surface area contributed by atoms with Gasteiger partial charge in [-0.2, -0.15) is 0 Å². The van der Waals surface area contributed by atoms with E-state index in [1.54, 1.807) is 14.2 Å². The minimum atomic E-state index is -2.94. The molecule has 0 saturated heterocycles. The Labute approximate surface area is 139 Å². The molecule has 0 aliphatic carbocycles. The number of ether oxygens (including phenoxy) is 1. The summed E-state index contributed by atoms with van der Waals surface area (Å²) in [5.74, 6) is 1.71. The molecule has 1 aromatic carbocycles. The highest BCUT2D eigenvalue weighted by molar-refractivity contribution is 7.90. The Morgan fingerprint density at radius 2 is 2.04 bits per heavy atom. The van der Waals surface area contributed by atoms with Gasteiger partial charge in [0.1, 0.15) is 15.6 Å². The molecule has 1 rings (SSSR count). The van der Waals surface area contributed by atoms with E-state index < -0.39 is 9.84 Å². The fraction of sp³-hybridized carbons (Fsp3) is 0.562. The molecule has 0 aliphatic heterocycles. The summed E-state index contributed by atoms with van der Waals surface area (Å²) in [5.41, 5.74) is 1.13. The zero-order chi connectivity index (χ0) is 17.3. The third-order valence-electron chi connectivity index (χ3n) is 3.41. The van der Waals surface area contributed by atoms with Gasteiger partial charge in [-0.1, -0.05) is 18.2 Å². The Balaban J connectivity index is 2.42. The molecule has 130 valence electrons. The molecular weight excluding hydrogens is 314 g/mol. The van der Waals surface area contributed by atoms with Crippen molar-refractivity contribution in [2.45, 2.75) is 25.8 Å². The molecule has 0 amide bonds. The largest absolute Gasteiger partial charge is 0.496 e. The molecule has 0 aromatic heterocycles. The zero-order valence-electron chi connectivity index (χ0n) is 14.3. The van der Waals surface area contributed by atoms with E-state index in [2.05, 4.69) is 15.6 Å². The normalized spacial score (nSPS) is 13.5. The smallest absolute Gasteiger partial charge is 0.191 e. The Morgan fingerprint density at radius 1 is 1.35 bits per heavy atom. The highest BCUT2D eigenvalue weighted by Gasteiger charge is 2.09. The molecule has 1 unspecified atom stereocenters. The lowest BCUT2D eigenvalue weighted by atomic mass is 10.1. The van der Waals surface area contributed by atoms with Gasteiger partial charge >= 0.3 is 0 Å². The third kappa shape index (κ3) is 7.88. The first-order valence-corrected chi connectivity index (χ1v) is 9.68. The first kappa shape index (κ1) is 19.3. The predicted octanol–water partition coefficient (Wildman–Crippen LogP) is 1.23. The zero-order valence-corrected chi connectivity index (χ0v) is 15.1. The van der Waals surface area contributed by atoms with E-state index in [4.69, 9.17) is 4.74 Å². The molecule has 6 nitrogen and oxygen atoms in total. The molecule has 0 heterocycles. The number of sulfone groups is 1. The third-order valence-corrected chi connectivity index (χ3v) is 4.38. The van der Waals surface area contributed by atoms with E-state index in [1.165, 1.54) is 6.26 Å². The fourth-order valence-electron chi connectivity index (χ4n) is 2.12. The van der Waals surface area contributed by atoms with Gasteiger partial charge in [0.05, 0.1) is 12.9 Å². The maximum absolute atomic E-state index is 11.2. The number of aliphatic imine (C=N–C) groups is 1. The van der Waals surface area contributed by atoms with Crippen LogP contribution in [0.5, 0.6) is 5.75 Å². The standard InChI is InChI=1S/C16H27N3O3S/c1-13(10-12-23(4,20)21)19-16(17-2)18-11-9-14-7-5-6-8-15(14)22-3/h5-8,13H,9-12H2,1-4H3,(H2,17,18,19). The monoisotopic (exact) mass is 341 g/mol. The molecule has 0 bridgehead atoms. The Morgan fingerprint density at radius 3 is 2.65 bits per heavy atom. The number of para-hydroxylation sites is 1. The molecule has 23 heavy (non-hydrogen) atoms. The van der Waals surface area contributed by atoms with Crippen LogP contribution in [0, 0.1) is 0 Å². The summed E-state index contributed by atoms with van der Waals surface area (Å²) in [6, 6.07) is 7.93. The van der Waals surface area contributed by atoms with Crippen LogP contribution < -0.4 is 15.4 Å². The van der Waals surface area contributed by atoms with Gasteiger partial charge in [-0.3, -0.25) is 4.99 Å². The van der Waals surface area contributed by atoms with Crippen molar-refractivity contribution in [2.75, 3.05) is 32.7 Å². The first-order chi connectivity index (χ1) is 10.9. The average Bonchev–Trinajstić information content (AvgIpc) is 2.51. The molecule has 1 atom stereocenters. The summed E-state index contributed by atoms with van der Waals surface area (Å²) in [6.07, 6.45) is 2.61. The van der Waals surface area contributed by atoms with Crippen LogP contribution in [0.1, 0.15) is 18.9 Å². The number of rotatable bonds is 8. The summed E-state index contributed by atoms with van der Waals surface area (Å²) in [7, 11) is 0.422. The van der Waals surface area contributed by atoms with Crippen LogP contribution in [0.15, 0.2) is 29.3 Å². The van der Waals surface area contributed by atoms with E-state index in [0.717, 1.165) is 17.7 Å². The highest BCUT2D eigenvalue weighted by Crippen LogP contribution is 2.17.